The van der Waals surface area contributed by atoms with Crippen molar-refractivity contribution in [3.8, 4) is 11.5 Å². The lowest BCUT2D eigenvalue weighted by Gasteiger charge is -2.23. The SMILES string of the molecule is CC(C)(C)[S@@](=O)N[C@@H](CC#C[Si](C)(C)C)c1ccccc1. The van der Waals surface area contributed by atoms with Crippen LogP contribution in [-0.4, -0.2) is 17.0 Å². The predicted molar refractivity (Wildman–Crippen MR) is 96.0 cm³/mol. The smallest absolute Gasteiger partial charge is 0.129 e. The van der Waals surface area contributed by atoms with Crippen molar-refractivity contribution >= 4 is 19.1 Å². The summed E-state index contributed by atoms with van der Waals surface area (Å²) in [7, 11) is -2.47. The van der Waals surface area contributed by atoms with Crippen molar-refractivity contribution < 1.29 is 4.21 Å². The molecule has 0 heterocycles. The monoisotopic (exact) mass is 321 g/mol. The van der Waals surface area contributed by atoms with Gasteiger partial charge in [-0.25, -0.2) is 8.93 Å². The highest BCUT2D eigenvalue weighted by Gasteiger charge is 2.23. The molecule has 0 unspecified atom stereocenters. The molecule has 2 atom stereocenters. The number of benzene rings is 1. The third kappa shape index (κ3) is 7.08. The molecular weight excluding hydrogens is 294 g/mol. The zero-order chi connectivity index (χ0) is 16.1. The van der Waals surface area contributed by atoms with Crippen LogP contribution < -0.4 is 4.72 Å². The van der Waals surface area contributed by atoms with E-state index in [-0.39, 0.29) is 10.8 Å². The highest BCUT2D eigenvalue weighted by molar-refractivity contribution is 7.84. The Bertz CT molecular complexity index is 532. The summed E-state index contributed by atoms with van der Waals surface area (Å²) in [6, 6.07) is 10.2. The molecule has 0 radical (unpaired) electrons. The van der Waals surface area contributed by atoms with Crippen LogP contribution in [0.15, 0.2) is 30.3 Å². The van der Waals surface area contributed by atoms with Crippen molar-refractivity contribution in [2.24, 2.45) is 0 Å². The summed E-state index contributed by atoms with van der Waals surface area (Å²) in [6.07, 6.45) is 0.691. The lowest BCUT2D eigenvalue weighted by Crippen LogP contribution is -2.35. The maximum Gasteiger partial charge on any atom is 0.129 e. The van der Waals surface area contributed by atoms with Gasteiger partial charge >= 0.3 is 0 Å². The number of nitrogens with one attached hydrogen (secondary N) is 1. The first kappa shape index (κ1) is 18.2. The molecule has 1 aromatic carbocycles. The molecule has 4 heteroatoms. The molecule has 1 N–H and O–H groups in total. The van der Waals surface area contributed by atoms with E-state index in [2.05, 4.69) is 48.0 Å². The van der Waals surface area contributed by atoms with Gasteiger partial charge in [-0.1, -0.05) is 50.0 Å². The largest absolute Gasteiger partial charge is 0.242 e. The van der Waals surface area contributed by atoms with Gasteiger partial charge in [-0.15, -0.1) is 11.5 Å². The Morgan fingerprint density at radius 2 is 1.76 bits per heavy atom. The second kappa shape index (κ2) is 7.39. The molecule has 0 aliphatic heterocycles. The predicted octanol–water partition coefficient (Wildman–Crippen LogP) is 4.05. The highest BCUT2D eigenvalue weighted by atomic mass is 32.2. The minimum absolute atomic E-state index is 0.00936. The van der Waals surface area contributed by atoms with Gasteiger partial charge in [0.15, 0.2) is 0 Å². The van der Waals surface area contributed by atoms with Crippen LogP contribution in [0.1, 0.15) is 38.8 Å². The molecule has 0 saturated heterocycles. The topological polar surface area (TPSA) is 29.1 Å². The van der Waals surface area contributed by atoms with Crippen LogP contribution in [-0.2, 0) is 11.0 Å². The Labute approximate surface area is 133 Å². The second-order valence-electron chi connectivity index (χ2n) is 7.22. The third-order valence-corrected chi connectivity index (χ3v) is 5.31. The quantitative estimate of drug-likeness (QED) is 0.658. The van der Waals surface area contributed by atoms with Gasteiger partial charge in [0.25, 0.3) is 0 Å². The van der Waals surface area contributed by atoms with Gasteiger partial charge in [-0.2, -0.15) is 0 Å². The summed E-state index contributed by atoms with van der Waals surface area (Å²) in [5.41, 5.74) is 4.52. The van der Waals surface area contributed by atoms with Crippen LogP contribution in [0, 0.1) is 11.5 Å². The van der Waals surface area contributed by atoms with Gasteiger partial charge < -0.3 is 0 Å². The molecule has 0 amide bonds. The summed E-state index contributed by atoms with van der Waals surface area (Å²) >= 11 is 0. The van der Waals surface area contributed by atoms with E-state index in [9.17, 15) is 4.21 Å². The molecule has 0 aromatic heterocycles. The molecule has 1 rings (SSSR count). The van der Waals surface area contributed by atoms with E-state index in [1.165, 1.54) is 0 Å². The van der Waals surface area contributed by atoms with Crippen molar-refractivity contribution in [3.63, 3.8) is 0 Å². The number of hydrogen-bond acceptors (Lipinski definition) is 1. The van der Waals surface area contributed by atoms with E-state index >= 15 is 0 Å². The molecular formula is C17H27NOSSi. The molecule has 0 spiro atoms. The van der Waals surface area contributed by atoms with E-state index in [4.69, 9.17) is 0 Å². The average molecular weight is 322 g/mol. The van der Waals surface area contributed by atoms with Gasteiger partial charge in [0, 0.05) is 6.42 Å². The molecule has 0 fully saturated rings. The van der Waals surface area contributed by atoms with Gasteiger partial charge in [-0.05, 0) is 26.3 Å². The average Bonchev–Trinajstić information content (AvgIpc) is 2.36. The fourth-order valence-electron chi connectivity index (χ4n) is 1.64. The first-order valence-electron chi connectivity index (χ1n) is 7.32. The summed E-state index contributed by atoms with van der Waals surface area (Å²) in [6.45, 7) is 12.6. The molecule has 0 aliphatic rings. The van der Waals surface area contributed by atoms with Crippen LogP contribution in [0.4, 0.5) is 0 Å². The van der Waals surface area contributed by atoms with Gasteiger partial charge in [-0.3, -0.25) is 0 Å². The number of hydrogen-bond donors (Lipinski definition) is 1. The first-order chi connectivity index (χ1) is 9.59. The highest BCUT2D eigenvalue weighted by Crippen LogP contribution is 2.20. The summed E-state index contributed by atoms with van der Waals surface area (Å²) < 4.78 is 15.3. The fraction of sp³-hybridized carbons (Fsp3) is 0.529. The lowest BCUT2D eigenvalue weighted by atomic mass is 10.1. The zero-order valence-corrected chi connectivity index (χ0v) is 15.8. The van der Waals surface area contributed by atoms with E-state index in [1.54, 1.807) is 0 Å². The molecule has 0 bridgehead atoms. The Morgan fingerprint density at radius 3 is 2.24 bits per heavy atom. The maximum absolute atomic E-state index is 12.4. The van der Waals surface area contributed by atoms with E-state index in [0.29, 0.717) is 6.42 Å². The van der Waals surface area contributed by atoms with Gasteiger partial charge in [0.05, 0.1) is 21.8 Å². The van der Waals surface area contributed by atoms with Crippen molar-refractivity contribution in [2.45, 2.75) is 57.6 Å². The Morgan fingerprint density at radius 1 is 1.19 bits per heavy atom. The van der Waals surface area contributed by atoms with Crippen molar-refractivity contribution in [1.82, 2.24) is 4.72 Å². The van der Waals surface area contributed by atoms with Crippen LogP contribution in [0.5, 0.6) is 0 Å². The first-order valence-corrected chi connectivity index (χ1v) is 12.0. The Balaban J connectivity index is 2.91. The fourth-order valence-corrected chi connectivity index (χ4v) is 3.10. The van der Waals surface area contributed by atoms with Gasteiger partial charge in [0.2, 0.25) is 0 Å². The van der Waals surface area contributed by atoms with Crippen LogP contribution in [0.2, 0.25) is 19.6 Å². The number of rotatable bonds is 4. The molecule has 0 aliphatic carbocycles. The Hall–Kier alpha value is -0.893. The summed E-state index contributed by atoms with van der Waals surface area (Å²) in [5.74, 6) is 3.30. The van der Waals surface area contributed by atoms with E-state index in [1.807, 2.05) is 39.0 Å². The maximum atomic E-state index is 12.4. The lowest BCUT2D eigenvalue weighted by molar-refractivity contribution is 0.604. The standard InChI is InChI=1S/C17H27NOSSi/c1-17(2,3)20(19)18-16(13-10-14-21(4,5)6)15-11-8-7-9-12-15/h7-9,11-12,16,18H,13H2,1-6H3/t16-,20+/m0/s1. The van der Waals surface area contributed by atoms with Crippen LogP contribution in [0.3, 0.4) is 0 Å². The normalized spacial score (nSPS) is 15.0. The van der Waals surface area contributed by atoms with Crippen LogP contribution in [0.25, 0.3) is 0 Å². The van der Waals surface area contributed by atoms with Crippen molar-refractivity contribution in [3.05, 3.63) is 35.9 Å². The molecule has 116 valence electrons. The third-order valence-electron chi connectivity index (χ3n) is 2.78. The zero-order valence-electron chi connectivity index (χ0n) is 14.0. The molecule has 0 saturated carbocycles. The van der Waals surface area contributed by atoms with E-state index in [0.717, 1.165) is 5.56 Å². The minimum atomic E-state index is -1.37. The molecule has 21 heavy (non-hydrogen) atoms. The summed E-state index contributed by atoms with van der Waals surface area (Å²) in [5, 5.41) is 0. The molecule has 1 aromatic rings. The minimum Gasteiger partial charge on any atom is -0.242 e. The molecule has 2 nitrogen and oxygen atoms in total. The van der Waals surface area contributed by atoms with Gasteiger partial charge in [0.1, 0.15) is 8.07 Å². The van der Waals surface area contributed by atoms with E-state index < -0.39 is 19.1 Å². The Kier molecular flexibility index (Phi) is 6.39. The van der Waals surface area contributed by atoms with Crippen molar-refractivity contribution in [1.29, 1.82) is 0 Å². The van der Waals surface area contributed by atoms with Crippen LogP contribution >= 0.6 is 0 Å². The second-order valence-corrected chi connectivity index (χ2v) is 14.0. The summed E-state index contributed by atoms with van der Waals surface area (Å²) in [4.78, 5) is 0. The van der Waals surface area contributed by atoms with Crippen molar-refractivity contribution in [2.75, 3.05) is 0 Å².